The largest absolute Gasteiger partial charge is 0.507 e. The Morgan fingerprint density at radius 3 is 1.47 bits per heavy atom. The maximum Gasteiger partial charge on any atom is 0.125 e. The van der Waals surface area contributed by atoms with E-state index in [4.69, 9.17) is 0 Å². The SMILES string of the molecule is CN(CCN(C)/N=C\c1c(O)ccc2ccccc12)/N=C\c1c(O)ccc2ccccc12. The summed E-state index contributed by atoms with van der Waals surface area (Å²) in [6, 6.07) is 23.0. The monoisotopic (exact) mass is 426 g/mol. The van der Waals surface area contributed by atoms with Crippen LogP contribution in [0.15, 0.2) is 83.0 Å². The van der Waals surface area contributed by atoms with Gasteiger partial charge in [0.2, 0.25) is 0 Å². The Labute approximate surface area is 187 Å². The lowest BCUT2D eigenvalue weighted by molar-refractivity contribution is 0.272. The molecule has 4 rings (SSSR count). The van der Waals surface area contributed by atoms with E-state index in [-0.39, 0.29) is 11.5 Å². The first-order valence-electron chi connectivity index (χ1n) is 10.4. The number of rotatable bonds is 7. The van der Waals surface area contributed by atoms with Crippen molar-refractivity contribution in [3.63, 3.8) is 0 Å². The molecule has 0 saturated heterocycles. The van der Waals surface area contributed by atoms with Crippen LogP contribution in [0.3, 0.4) is 0 Å². The van der Waals surface area contributed by atoms with Crippen LogP contribution in [-0.4, -0.2) is 59.8 Å². The highest BCUT2D eigenvalue weighted by Gasteiger charge is 2.06. The summed E-state index contributed by atoms with van der Waals surface area (Å²) in [5, 5.41) is 37.1. The van der Waals surface area contributed by atoms with Gasteiger partial charge in [-0.25, -0.2) is 0 Å². The summed E-state index contributed by atoms with van der Waals surface area (Å²) < 4.78 is 0. The zero-order valence-corrected chi connectivity index (χ0v) is 18.2. The van der Waals surface area contributed by atoms with E-state index >= 15 is 0 Å². The quantitative estimate of drug-likeness (QED) is 0.334. The van der Waals surface area contributed by atoms with Gasteiger partial charge in [0, 0.05) is 25.2 Å². The summed E-state index contributed by atoms with van der Waals surface area (Å²) in [6.07, 6.45) is 3.38. The zero-order valence-electron chi connectivity index (χ0n) is 18.2. The summed E-state index contributed by atoms with van der Waals surface area (Å²) in [6.45, 7) is 1.27. The van der Waals surface area contributed by atoms with Crippen molar-refractivity contribution in [2.75, 3.05) is 27.2 Å². The van der Waals surface area contributed by atoms with E-state index in [0.717, 1.165) is 21.5 Å². The van der Waals surface area contributed by atoms with E-state index in [1.807, 2.05) is 84.8 Å². The highest BCUT2D eigenvalue weighted by atomic mass is 16.3. The molecule has 0 bridgehead atoms. The molecule has 0 atom stereocenters. The maximum absolute atomic E-state index is 10.3. The van der Waals surface area contributed by atoms with Crippen molar-refractivity contribution in [2.24, 2.45) is 10.2 Å². The second-order valence-corrected chi connectivity index (χ2v) is 7.69. The van der Waals surface area contributed by atoms with Crippen LogP contribution in [0.2, 0.25) is 0 Å². The van der Waals surface area contributed by atoms with Crippen molar-refractivity contribution in [3.8, 4) is 11.5 Å². The predicted molar refractivity (Wildman–Crippen MR) is 132 cm³/mol. The van der Waals surface area contributed by atoms with Gasteiger partial charge in [0.1, 0.15) is 11.5 Å². The van der Waals surface area contributed by atoms with E-state index in [1.54, 1.807) is 24.6 Å². The molecule has 4 aromatic rings. The first-order valence-corrected chi connectivity index (χ1v) is 10.4. The second kappa shape index (κ2) is 9.39. The molecule has 32 heavy (non-hydrogen) atoms. The van der Waals surface area contributed by atoms with Crippen molar-refractivity contribution in [1.29, 1.82) is 0 Å². The molecule has 0 aromatic heterocycles. The fourth-order valence-corrected chi connectivity index (χ4v) is 3.56. The van der Waals surface area contributed by atoms with Crippen LogP contribution in [0.25, 0.3) is 21.5 Å². The van der Waals surface area contributed by atoms with Gasteiger partial charge < -0.3 is 10.2 Å². The van der Waals surface area contributed by atoms with Crippen LogP contribution in [0.4, 0.5) is 0 Å². The van der Waals surface area contributed by atoms with Gasteiger partial charge in [0.25, 0.3) is 0 Å². The number of likely N-dealkylation sites (N-methyl/N-ethyl adjacent to an activating group) is 2. The summed E-state index contributed by atoms with van der Waals surface area (Å²) in [4.78, 5) is 0. The molecule has 4 aromatic carbocycles. The average Bonchev–Trinajstić information content (AvgIpc) is 2.81. The lowest BCUT2D eigenvalue weighted by atomic mass is 10.0. The molecular formula is C26H26N4O2. The molecule has 6 nitrogen and oxygen atoms in total. The minimum absolute atomic E-state index is 0.206. The number of hydrogen-bond acceptors (Lipinski definition) is 6. The van der Waals surface area contributed by atoms with Crippen molar-refractivity contribution in [3.05, 3.63) is 83.9 Å². The van der Waals surface area contributed by atoms with Gasteiger partial charge in [0.15, 0.2) is 0 Å². The second-order valence-electron chi connectivity index (χ2n) is 7.69. The van der Waals surface area contributed by atoms with Gasteiger partial charge in [-0.1, -0.05) is 60.7 Å². The summed E-state index contributed by atoms with van der Waals surface area (Å²) >= 11 is 0. The number of phenolic OH excluding ortho intramolecular Hbond substituents is 2. The van der Waals surface area contributed by atoms with Crippen molar-refractivity contribution < 1.29 is 10.2 Å². The van der Waals surface area contributed by atoms with Crippen LogP contribution < -0.4 is 0 Å². The zero-order chi connectivity index (χ0) is 22.5. The van der Waals surface area contributed by atoms with Crippen LogP contribution in [0.1, 0.15) is 11.1 Å². The maximum atomic E-state index is 10.3. The standard InChI is InChI=1S/C26H26N4O2/c1-29(27-17-23-21-9-5-3-7-19(21)11-13-25(23)31)15-16-30(2)28-18-24-22-10-6-4-8-20(22)12-14-26(24)32/h3-14,17-18,31-32H,15-16H2,1-2H3/b27-17-,28-18-. The number of aromatic hydroxyl groups is 2. The Morgan fingerprint density at radius 2 is 1.03 bits per heavy atom. The van der Waals surface area contributed by atoms with Crippen LogP contribution in [0, 0.1) is 0 Å². The van der Waals surface area contributed by atoms with Gasteiger partial charge in [0.05, 0.1) is 25.5 Å². The predicted octanol–water partition coefficient (Wildman–Crippen LogP) is 4.64. The van der Waals surface area contributed by atoms with Gasteiger partial charge in [-0.3, -0.25) is 10.0 Å². The third-order valence-corrected chi connectivity index (χ3v) is 5.41. The number of fused-ring (bicyclic) bond motifs is 2. The molecule has 0 radical (unpaired) electrons. The third-order valence-electron chi connectivity index (χ3n) is 5.41. The average molecular weight is 427 g/mol. The number of benzene rings is 4. The molecule has 0 unspecified atom stereocenters. The molecule has 162 valence electrons. The summed E-state index contributed by atoms with van der Waals surface area (Å²) in [5.41, 5.74) is 1.40. The van der Waals surface area contributed by atoms with E-state index in [2.05, 4.69) is 10.2 Å². The fraction of sp³-hybridized carbons (Fsp3) is 0.154. The fourth-order valence-electron chi connectivity index (χ4n) is 3.56. The lowest BCUT2D eigenvalue weighted by Gasteiger charge is -2.18. The lowest BCUT2D eigenvalue weighted by Crippen LogP contribution is -2.25. The van der Waals surface area contributed by atoms with Crippen LogP contribution >= 0.6 is 0 Å². The molecule has 0 saturated carbocycles. The molecule has 0 aliphatic carbocycles. The summed E-state index contributed by atoms with van der Waals surface area (Å²) in [7, 11) is 3.76. The molecular weight excluding hydrogens is 400 g/mol. The number of hydrogen-bond donors (Lipinski definition) is 2. The van der Waals surface area contributed by atoms with E-state index in [1.165, 1.54) is 0 Å². The van der Waals surface area contributed by atoms with Gasteiger partial charge >= 0.3 is 0 Å². The highest BCUT2D eigenvalue weighted by molar-refractivity contribution is 6.03. The smallest absolute Gasteiger partial charge is 0.125 e. The van der Waals surface area contributed by atoms with Crippen molar-refractivity contribution in [1.82, 2.24) is 10.0 Å². The molecule has 0 heterocycles. The van der Waals surface area contributed by atoms with Gasteiger partial charge in [-0.15, -0.1) is 0 Å². The number of hydrazone groups is 2. The Morgan fingerprint density at radius 1 is 0.625 bits per heavy atom. The normalized spacial score (nSPS) is 11.7. The molecule has 0 amide bonds. The number of nitrogens with zero attached hydrogens (tertiary/aromatic N) is 4. The molecule has 0 fully saturated rings. The van der Waals surface area contributed by atoms with Crippen molar-refractivity contribution >= 4 is 34.0 Å². The molecule has 0 aliphatic rings. The molecule has 0 spiro atoms. The first-order chi connectivity index (χ1) is 15.5. The number of phenols is 2. The Kier molecular flexibility index (Phi) is 6.22. The summed E-state index contributed by atoms with van der Waals surface area (Å²) in [5.74, 6) is 0.412. The minimum atomic E-state index is 0.206. The van der Waals surface area contributed by atoms with Gasteiger partial charge in [-0.05, 0) is 33.7 Å². The van der Waals surface area contributed by atoms with E-state index in [9.17, 15) is 10.2 Å². The first kappa shape index (κ1) is 21.2. The Hall–Kier alpha value is -4.06. The van der Waals surface area contributed by atoms with Gasteiger partial charge in [-0.2, -0.15) is 10.2 Å². The van der Waals surface area contributed by atoms with Crippen LogP contribution in [-0.2, 0) is 0 Å². The Bertz CT molecular complexity index is 1200. The highest BCUT2D eigenvalue weighted by Crippen LogP contribution is 2.26. The van der Waals surface area contributed by atoms with E-state index < -0.39 is 0 Å². The topological polar surface area (TPSA) is 71.7 Å². The molecule has 0 aliphatic heterocycles. The van der Waals surface area contributed by atoms with Crippen molar-refractivity contribution in [2.45, 2.75) is 0 Å². The van der Waals surface area contributed by atoms with E-state index in [0.29, 0.717) is 24.2 Å². The third kappa shape index (κ3) is 4.64. The Balaban J connectivity index is 1.40. The molecule has 6 heteroatoms. The molecule has 2 N–H and O–H groups in total. The minimum Gasteiger partial charge on any atom is -0.507 e. The van der Waals surface area contributed by atoms with Crippen LogP contribution in [0.5, 0.6) is 11.5 Å².